The van der Waals surface area contributed by atoms with Crippen LogP contribution in [-0.2, 0) is 4.74 Å². The summed E-state index contributed by atoms with van der Waals surface area (Å²) in [4.78, 5) is 19.2. The summed E-state index contributed by atoms with van der Waals surface area (Å²) in [6.07, 6.45) is 0. The lowest BCUT2D eigenvalue weighted by atomic mass is 10.1. The molecule has 144 valence electrons. The van der Waals surface area contributed by atoms with Gasteiger partial charge in [-0.3, -0.25) is 4.79 Å². The molecule has 0 aliphatic carbocycles. The molecule has 1 amide bonds. The Morgan fingerprint density at radius 3 is 2.64 bits per heavy atom. The first-order valence-electron chi connectivity index (χ1n) is 9.20. The van der Waals surface area contributed by atoms with Crippen LogP contribution in [-0.4, -0.2) is 50.4 Å². The number of benzene rings is 2. The fourth-order valence-electron chi connectivity index (χ4n) is 3.27. The first-order chi connectivity index (χ1) is 13.8. The quantitative estimate of drug-likeness (QED) is 0.746. The van der Waals surface area contributed by atoms with E-state index in [0.29, 0.717) is 66.3 Å². The summed E-state index contributed by atoms with van der Waals surface area (Å²) >= 11 is 0. The van der Waals surface area contributed by atoms with E-state index in [1.807, 2.05) is 6.07 Å². The topological polar surface area (TPSA) is 86.1 Å². The van der Waals surface area contributed by atoms with Gasteiger partial charge in [-0.25, -0.2) is 0 Å². The monoisotopic (exact) mass is 381 g/mol. The number of carbonyl (C=O) groups excluding carboxylic acids is 1. The average Bonchev–Trinajstić information content (AvgIpc) is 3.17. The number of fused-ring (bicyclic) bond motifs is 2. The highest BCUT2D eigenvalue weighted by molar-refractivity contribution is 6.05. The zero-order chi connectivity index (χ0) is 18.9. The lowest BCUT2D eigenvalue weighted by Crippen LogP contribution is -2.36. The van der Waals surface area contributed by atoms with Crippen LogP contribution in [0.4, 0.5) is 11.7 Å². The summed E-state index contributed by atoms with van der Waals surface area (Å²) in [7, 11) is 0. The van der Waals surface area contributed by atoms with Crippen LogP contribution in [0.2, 0.25) is 0 Å². The van der Waals surface area contributed by atoms with Crippen molar-refractivity contribution < 1.29 is 23.4 Å². The van der Waals surface area contributed by atoms with Crippen molar-refractivity contribution in [2.45, 2.75) is 0 Å². The third kappa shape index (κ3) is 3.22. The van der Waals surface area contributed by atoms with Crippen molar-refractivity contribution in [3.05, 3.63) is 42.0 Å². The fourth-order valence-corrected chi connectivity index (χ4v) is 3.27. The number of nitrogens with zero attached hydrogens (tertiary/aromatic N) is 2. The van der Waals surface area contributed by atoms with Crippen molar-refractivity contribution in [3.63, 3.8) is 0 Å². The molecule has 1 saturated heterocycles. The molecular weight excluding hydrogens is 362 g/mol. The Balaban J connectivity index is 1.35. The number of carbonyl (C=O) groups is 1. The van der Waals surface area contributed by atoms with Crippen molar-refractivity contribution in [3.8, 4) is 11.5 Å². The van der Waals surface area contributed by atoms with Gasteiger partial charge in [-0.15, -0.1) is 0 Å². The molecule has 3 heterocycles. The molecule has 2 aliphatic rings. The lowest BCUT2D eigenvalue weighted by Gasteiger charge is -2.24. The van der Waals surface area contributed by atoms with Gasteiger partial charge in [-0.05, 0) is 36.4 Å². The SMILES string of the molecule is O=C(Nc1ccc2oc(N3CCOCC3)nc2c1)c1ccc2c(c1)OCCO2. The number of ether oxygens (including phenoxy) is 3. The maximum atomic E-state index is 12.6. The fraction of sp³-hybridized carbons (Fsp3) is 0.300. The number of aromatic nitrogens is 1. The molecule has 28 heavy (non-hydrogen) atoms. The molecule has 8 nitrogen and oxygen atoms in total. The zero-order valence-electron chi connectivity index (χ0n) is 15.1. The van der Waals surface area contributed by atoms with Crippen LogP contribution < -0.4 is 19.7 Å². The maximum absolute atomic E-state index is 12.6. The third-order valence-electron chi connectivity index (χ3n) is 4.72. The largest absolute Gasteiger partial charge is 0.486 e. The Kier molecular flexibility index (Phi) is 4.25. The molecule has 2 aromatic carbocycles. The lowest BCUT2D eigenvalue weighted by molar-refractivity contribution is 0.102. The maximum Gasteiger partial charge on any atom is 0.298 e. The first kappa shape index (κ1) is 16.9. The van der Waals surface area contributed by atoms with Crippen molar-refractivity contribution in [1.29, 1.82) is 0 Å². The Morgan fingerprint density at radius 1 is 0.964 bits per heavy atom. The summed E-state index contributed by atoms with van der Waals surface area (Å²) in [5.74, 6) is 1.01. The summed E-state index contributed by atoms with van der Waals surface area (Å²) in [5.41, 5.74) is 2.52. The molecule has 0 radical (unpaired) electrons. The molecule has 3 aromatic rings. The molecule has 1 N–H and O–H groups in total. The van der Waals surface area contributed by atoms with Crippen molar-refractivity contribution in [2.75, 3.05) is 49.7 Å². The summed E-state index contributed by atoms with van der Waals surface area (Å²) < 4.78 is 22.2. The number of amides is 1. The third-order valence-corrected chi connectivity index (χ3v) is 4.72. The molecule has 0 bridgehead atoms. The highest BCUT2D eigenvalue weighted by Gasteiger charge is 2.18. The molecule has 0 atom stereocenters. The molecule has 0 saturated carbocycles. The molecule has 1 fully saturated rings. The van der Waals surface area contributed by atoms with Crippen LogP contribution in [0, 0.1) is 0 Å². The van der Waals surface area contributed by atoms with Gasteiger partial charge in [0.25, 0.3) is 11.9 Å². The summed E-state index contributed by atoms with van der Waals surface area (Å²) in [6, 6.07) is 11.1. The predicted molar refractivity (Wildman–Crippen MR) is 102 cm³/mol. The Labute approximate surface area is 161 Å². The minimum absolute atomic E-state index is 0.228. The van der Waals surface area contributed by atoms with E-state index in [0.717, 1.165) is 13.1 Å². The molecule has 0 spiro atoms. The van der Waals surface area contributed by atoms with E-state index < -0.39 is 0 Å². The van der Waals surface area contributed by atoms with Crippen molar-refractivity contribution in [2.24, 2.45) is 0 Å². The molecule has 8 heteroatoms. The highest BCUT2D eigenvalue weighted by Crippen LogP contribution is 2.31. The number of oxazole rings is 1. The number of hydrogen-bond donors (Lipinski definition) is 1. The second kappa shape index (κ2) is 7.05. The van der Waals surface area contributed by atoms with E-state index in [9.17, 15) is 4.79 Å². The number of anilines is 2. The molecule has 0 unspecified atom stereocenters. The first-order valence-corrected chi connectivity index (χ1v) is 9.20. The minimum Gasteiger partial charge on any atom is -0.486 e. The number of hydrogen-bond acceptors (Lipinski definition) is 7. The van der Waals surface area contributed by atoms with Gasteiger partial charge in [0.15, 0.2) is 17.1 Å². The van der Waals surface area contributed by atoms with Gasteiger partial charge >= 0.3 is 0 Å². The van der Waals surface area contributed by atoms with E-state index in [4.69, 9.17) is 18.6 Å². The summed E-state index contributed by atoms with van der Waals surface area (Å²) in [6.45, 7) is 3.82. The molecule has 5 rings (SSSR count). The van der Waals surface area contributed by atoms with Crippen LogP contribution in [0.5, 0.6) is 11.5 Å². The van der Waals surface area contributed by atoms with Gasteiger partial charge in [-0.2, -0.15) is 4.98 Å². The summed E-state index contributed by atoms with van der Waals surface area (Å²) in [5, 5.41) is 2.90. The molecular formula is C20H19N3O5. The van der Waals surface area contributed by atoms with Crippen LogP contribution in [0.25, 0.3) is 11.1 Å². The second-order valence-corrected chi connectivity index (χ2v) is 6.59. The van der Waals surface area contributed by atoms with E-state index >= 15 is 0 Å². The Hall–Kier alpha value is -3.26. The smallest absolute Gasteiger partial charge is 0.298 e. The highest BCUT2D eigenvalue weighted by atomic mass is 16.6. The number of nitrogens with one attached hydrogen (secondary N) is 1. The predicted octanol–water partition coefficient (Wildman–Crippen LogP) is 2.69. The molecule has 2 aliphatic heterocycles. The Morgan fingerprint density at radius 2 is 1.79 bits per heavy atom. The van der Waals surface area contributed by atoms with Gasteiger partial charge in [0.2, 0.25) is 0 Å². The van der Waals surface area contributed by atoms with E-state index in [2.05, 4.69) is 15.2 Å². The van der Waals surface area contributed by atoms with E-state index in [1.165, 1.54) is 0 Å². The number of rotatable bonds is 3. The normalized spacial score (nSPS) is 16.2. The molecule has 1 aromatic heterocycles. The zero-order valence-corrected chi connectivity index (χ0v) is 15.1. The number of morpholine rings is 1. The van der Waals surface area contributed by atoms with Crippen LogP contribution in [0.1, 0.15) is 10.4 Å². The van der Waals surface area contributed by atoms with Gasteiger partial charge in [0.1, 0.15) is 18.7 Å². The minimum atomic E-state index is -0.228. The van der Waals surface area contributed by atoms with E-state index in [1.54, 1.807) is 30.3 Å². The van der Waals surface area contributed by atoms with Crippen LogP contribution in [0.15, 0.2) is 40.8 Å². The van der Waals surface area contributed by atoms with Crippen molar-refractivity contribution >= 4 is 28.7 Å². The van der Waals surface area contributed by atoms with Gasteiger partial charge < -0.3 is 28.8 Å². The van der Waals surface area contributed by atoms with E-state index in [-0.39, 0.29) is 5.91 Å². The standard InChI is InChI=1S/C20H19N3O5/c24-19(13-1-3-17-18(11-13)27-10-9-26-17)21-14-2-4-16-15(12-14)22-20(28-16)23-5-7-25-8-6-23/h1-4,11-12H,5-10H2,(H,21,24). The second-order valence-electron chi connectivity index (χ2n) is 6.59. The van der Waals surface area contributed by atoms with Crippen molar-refractivity contribution in [1.82, 2.24) is 4.98 Å². The van der Waals surface area contributed by atoms with Crippen LogP contribution in [0.3, 0.4) is 0 Å². The Bertz CT molecular complexity index is 1030. The van der Waals surface area contributed by atoms with Gasteiger partial charge in [0, 0.05) is 24.3 Å². The van der Waals surface area contributed by atoms with Crippen LogP contribution >= 0.6 is 0 Å². The average molecular weight is 381 g/mol. The van der Waals surface area contributed by atoms with Gasteiger partial charge in [0.05, 0.1) is 13.2 Å². The van der Waals surface area contributed by atoms with Gasteiger partial charge in [-0.1, -0.05) is 0 Å².